The van der Waals surface area contributed by atoms with Crippen LogP contribution >= 0.6 is 0 Å². The van der Waals surface area contributed by atoms with Crippen LogP contribution in [0.4, 0.5) is 0 Å². The minimum absolute atomic E-state index is 0.176. The summed E-state index contributed by atoms with van der Waals surface area (Å²) in [6, 6.07) is 4.48. The topological polar surface area (TPSA) is 61.7 Å². The summed E-state index contributed by atoms with van der Waals surface area (Å²) in [7, 11) is 0. The Kier molecular flexibility index (Phi) is 4.17. The molecule has 4 nitrogen and oxygen atoms in total. The van der Waals surface area contributed by atoms with Gasteiger partial charge >= 0.3 is 0 Å². The van der Waals surface area contributed by atoms with E-state index in [2.05, 4.69) is 53.1 Å². The Balaban J connectivity index is 1.42. The zero-order chi connectivity index (χ0) is 19.4. The van der Waals surface area contributed by atoms with Crippen LogP contribution in [0.5, 0.6) is 0 Å². The first kappa shape index (κ1) is 18.0. The van der Waals surface area contributed by atoms with Crippen molar-refractivity contribution in [3.05, 3.63) is 58.3 Å². The van der Waals surface area contributed by atoms with Crippen LogP contribution < -0.4 is 0 Å². The summed E-state index contributed by atoms with van der Waals surface area (Å²) >= 11 is 0. The van der Waals surface area contributed by atoms with E-state index in [0.717, 1.165) is 24.7 Å². The standard InChI is InChI=1S/C24H30N4/c1-23-11-9-18(27-28-25)14-17(23)5-6-19-21-8-7-20(16-4-3-13-26-15-16)24(21,2)12-10-22(19)23/h3-4,7-8,13,15,17-19,22H,5-6,9-12,14H2,1-2H3/t17?,18-,19+,22+,23+,24-/m1/s1. The van der Waals surface area contributed by atoms with E-state index >= 15 is 0 Å². The molecule has 4 aliphatic rings. The number of pyridine rings is 1. The maximum absolute atomic E-state index is 8.86. The highest BCUT2D eigenvalue weighted by atomic mass is 15.1. The highest BCUT2D eigenvalue weighted by Gasteiger charge is 2.56. The fraction of sp³-hybridized carbons (Fsp3) is 0.625. The molecule has 0 radical (unpaired) electrons. The lowest BCUT2D eigenvalue weighted by atomic mass is 9.46. The van der Waals surface area contributed by atoms with Crippen LogP contribution in [0.1, 0.15) is 64.4 Å². The lowest BCUT2D eigenvalue weighted by molar-refractivity contribution is -0.0506. The summed E-state index contributed by atoms with van der Waals surface area (Å²) in [5.74, 6) is 2.20. The molecule has 0 spiro atoms. The number of aromatic nitrogens is 1. The van der Waals surface area contributed by atoms with Crippen LogP contribution in [0.25, 0.3) is 16.0 Å². The van der Waals surface area contributed by atoms with Gasteiger partial charge in [-0.2, -0.15) is 0 Å². The summed E-state index contributed by atoms with van der Waals surface area (Å²) in [5, 5.41) is 4.07. The van der Waals surface area contributed by atoms with Gasteiger partial charge in [0.05, 0.1) is 0 Å². The molecule has 0 saturated heterocycles. The second-order valence-electron chi connectivity index (χ2n) is 9.94. The molecular formula is C24H30N4. The minimum atomic E-state index is 0.176. The van der Waals surface area contributed by atoms with Crippen LogP contribution in [0.3, 0.4) is 0 Å². The van der Waals surface area contributed by atoms with Crippen molar-refractivity contribution in [2.24, 2.45) is 33.7 Å². The molecule has 1 aromatic rings. The van der Waals surface area contributed by atoms with Crippen LogP contribution in [-0.2, 0) is 0 Å². The van der Waals surface area contributed by atoms with Crippen molar-refractivity contribution in [2.45, 2.75) is 64.8 Å². The van der Waals surface area contributed by atoms with E-state index in [1.54, 1.807) is 5.57 Å². The number of hydrogen-bond acceptors (Lipinski definition) is 2. The first-order valence-electron chi connectivity index (χ1n) is 10.9. The Hall–Kier alpha value is -2.06. The molecule has 0 aliphatic heterocycles. The minimum Gasteiger partial charge on any atom is -0.264 e. The van der Waals surface area contributed by atoms with Gasteiger partial charge in [0.1, 0.15) is 0 Å². The zero-order valence-corrected chi connectivity index (χ0v) is 17.0. The third-order valence-electron chi connectivity index (χ3n) is 8.87. The van der Waals surface area contributed by atoms with Gasteiger partial charge in [-0.15, -0.1) is 0 Å². The van der Waals surface area contributed by atoms with Crippen molar-refractivity contribution in [3.8, 4) is 0 Å². The molecule has 1 heterocycles. The van der Waals surface area contributed by atoms with E-state index in [1.807, 2.05) is 12.4 Å². The Bertz CT molecular complexity index is 881. The van der Waals surface area contributed by atoms with E-state index in [1.165, 1.54) is 43.2 Å². The molecule has 6 atom stereocenters. The van der Waals surface area contributed by atoms with Crippen molar-refractivity contribution in [1.29, 1.82) is 0 Å². The van der Waals surface area contributed by atoms with Gasteiger partial charge in [0.2, 0.25) is 0 Å². The normalized spacial score (nSPS) is 41.6. The average molecular weight is 375 g/mol. The van der Waals surface area contributed by atoms with E-state index in [-0.39, 0.29) is 11.5 Å². The van der Waals surface area contributed by atoms with E-state index in [0.29, 0.717) is 11.3 Å². The van der Waals surface area contributed by atoms with Gasteiger partial charge in [-0.05, 0) is 90.8 Å². The first-order chi connectivity index (χ1) is 13.6. The van der Waals surface area contributed by atoms with Gasteiger partial charge in [-0.25, -0.2) is 0 Å². The molecule has 146 valence electrons. The highest BCUT2D eigenvalue weighted by molar-refractivity contribution is 5.78. The molecule has 3 saturated carbocycles. The predicted molar refractivity (Wildman–Crippen MR) is 112 cm³/mol. The van der Waals surface area contributed by atoms with Crippen molar-refractivity contribution in [1.82, 2.24) is 4.98 Å². The van der Waals surface area contributed by atoms with Crippen LogP contribution in [0.2, 0.25) is 0 Å². The number of nitrogens with zero attached hydrogens (tertiary/aromatic N) is 4. The largest absolute Gasteiger partial charge is 0.264 e. The Morgan fingerprint density at radius 2 is 2.04 bits per heavy atom. The monoisotopic (exact) mass is 374 g/mol. The quantitative estimate of drug-likeness (QED) is 0.322. The van der Waals surface area contributed by atoms with E-state index in [9.17, 15) is 0 Å². The third-order valence-corrected chi connectivity index (χ3v) is 8.87. The van der Waals surface area contributed by atoms with Gasteiger partial charge in [-0.1, -0.05) is 42.8 Å². The van der Waals surface area contributed by atoms with Crippen LogP contribution in [0.15, 0.2) is 47.4 Å². The molecule has 0 bridgehead atoms. The van der Waals surface area contributed by atoms with Crippen molar-refractivity contribution in [2.75, 3.05) is 0 Å². The molecule has 4 heteroatoms. The molecular weight excluding hydrogens is 344 g/mol. The first-order valence-corrected chi connectivity index (χ1v) is 10.9. The number of fused-ring (bicyclic) bond motifs is 5. The number of hydrogen-bond donors (Lipinski definition) is 0. The molecule has 4 aliphatic carbocycles. The second kappa shape index (κ2) is 6.49. The molecule has 1 unspecified atom stereocenters. The Labute approximate surface area is 167 Å². The van der Waals surface area contributed by atoms with Crippen molar-refractivity contribution < 1.29 is 0 Å². The summed E-state index contributed by atoms with van der Waals surface area (Å²) in [5.41, 5.74) is 13.9. The summed E-state index contributed by atoms with van der Waals surface area (Å²) in [6.07, 6.45) is 17.2. The maximum atomic E-state index is 8.86. The number of azide groups is 1. The SMILES string of the molecule is C[C@]12CC[C@H]3[C@@H](CCC4C[C@H](N=[N+]=[N-])CC[C@@]43C)C1=CC=C2c1cccnc1. The smallest absolute Gasteiger partial charge is 0.0377 e. The molecule has 28 heavy (non-hydrogen) atoms. The third kappa shape index (κ3) is 2.50. The highest BCUT2D eigenvalue weighted by Crippen LogP contribution is 2.66. The summed E-state index contributed by atoms with van der Waals surface area (Å²) in [6.45, 7) is 5.02. The van der Waals surface area contributed by atoms with Gasteiger partial charge in [0, 0.05) is 28.8 Å². The molecule has 0 N–H and O–H groups in total. The second-order valence-corrected chi connectivity index (χ2v) is 9.94. The Morgan fingerprint density at radius 1 is 1.14 bits per heavy atom. The number of allylic oxidation sites excluding steroid dienone is 4. The number of rotatable bonds is 2. The van der Waals surface area contributed by atoms with Crippen LogP contribution in [-0.4, -0.2) is 11.0 Å². The fourth-order valence-corrected chi connectivity index (χ4v) is 7.34. The molecule has 3 fully saturated rings. The molecule has 0 aromatic carbocycles. The summed E-state index contributed by atoms with van der Waals surface area (Å²) in [4.78, 5) is 7.46. The average Bonchev–Trinajstić information content (AvgIpc) is 3.06. The predicted octanol–water partition coefficient (Wildman–Crippen LogP) is 6.72. The fourth-order valence-electron chi connectivity index (χ4n) is 7.34. The maximum Gasteiger partial charge on any atom is 0.0377 e. The van der Waals surface area contributed by atoms with Gasteiger partial charge < -0.3 is 0 Å². The lowest BCUT2D eigenvalue weighted by Crippen LogP contribution is -2.51. The summed E-state index contributed by atoms with van der Waals surface area (Å²) < 4.78 is 0. The van der Waals surface area contributed by atoms with E-state index in [4.69, 9.17) is 5.53 Å². The van der Waals surface area contributed by atoms with Crippen molar-refractivity contribution in [3.63, 3.8) is 0 Å². The van der Waals surface area contributed by atoms with E-state index < -0.39 is 0 Å². The van der Waals surface area contributed by atoms with Crippen molar-refractivity contribution >= 4 is 5.57 Å². The Morgan fingerprint density at radius 3 is 2.82 bits per heavy atom. The van der Waals surface area contributed by atoms with Crippen LogP contribution in [0, 0.1) is 28.6 Å². The zero-order valence-electron chi connectivity index (χ0n) is 17.0. The van der Waals surface area contributed by atoms with Gasteiger partial charge in [0.25, 0.3) is 0 Å². The molecule has 5 rings (SSSR count). The molecule has 0 amide bonds. The lowest BCUT2D eigenvalue weighted by Gasteiger charge is -2.59. The van der Waals surface area contributed by atoms with Gasteiger partial charge in [-0.3, -0.25) is 4.98 Å². The van der Waals surface area contributed by atoms with Gasteiger partial charge in [0.15, 0.2) is 0 Å². The molecule has 1 aromatic heterocycles.